The third kappa shape index (κ3) is 38.3. The number of nitrogens with zero attached hydrogens (tertiary/aromatic N) is 9. The van der Waals surface area contributed by atoms with Gasteiger partial charge in [-0.15, -0.1) is 0 Å². The number of aliphatic hydroxyl groups excluding tert-OH is 2. The van der Waals surface area contributed by atoms with Gasteiger partial charge in [0.05, 0.1) is 120 Å². The van der Waals surface area contributed by atoms with Gasteiger partial charge in [-0.3, -0.25) is 24.6 Å². The number of ether oxygens (including phenoxy) is 4. The summed E-state index contributed by atoms with van der Waals surface area (Å²) in [5.74, 6) is 2.47. The molecule has 14 N–H and O–H groups in total. The van der Waals surface area contributed by atoms with Crippen LogP contribution in [0.5, 0.6) is 28.7 Å². The summed E-state index contributed by atoms with van der Waals surface area (Å²) in [6.45, 7) is 5.19. The van der Waals surface area contributed by atoms with E-state index in [4.69, 9.17) is 82.7 Å². The van der Waals surface area contributed by atoms with Crippen LogP contribution in [0.1, 0.15) is 77.5 Å². The summed E-state index contributed by atoms with van der Waals surface area (Å²) >= 11 is 12.1. The number of hydrogen-bond acceptors (Lipinski definition) is 27. The van der Waals surface area contributed by atoms with E-state index < -0.39 is 55.8 Å². The van der Waals surface area contributed by atoms with Crippen LogP contribution in [0.15, 0.2) is 222 Å². The molecule has 5 heterocycles. The number of benzene rings is 10. The Morgan fingerprint density at radius 3 is 1.19 bits per heavy atom. The second-order valence-corrected chi connectivity index (χ2v) is 28.6. The summed E-state index contributed by atoms with van der Waals surface area (Å²) in [5, 5.41) is 49.9. The van der Waals surface area contributed by atoms with Crippen molar-refractivity contribution >= 4 is 155 Å². The number of carboxylic acid groups (broad SMARTS) is 2. The maximum atomic E-state index is 13.9. The molecule has 0 aliphatic heterocycles. The number of nitrogen functional groups attached to an aromatic ring is 1. The minimum Gasteiger partial charge on any atom is -0.857 e. The SMILES string of the molecule is C.C.C.C.CC(=O)O.CC(C)O.COc1ccc(CN(c2ccc(F)c(Cl)c2)c2ncnc3cc(CO)ccc23)cc1OC.COc1ccc(CN(c2ccc(F)c(Cl)c2)c2ncnc3cc(F)ccc23)cc1OC.C[O-].N=CN.NOOc1cc2c(=O)[nH]cnc2cc1F.Nc1cc(F)ccc1C(=O)O.O=S(Cl)Cl.O=c1[nH]cnc2cc(F)ccc12.O=c1[nH]cnc2cc(F)ccc12.[Na+]. The van der Waals surface area contributed by atoms with Gasteiger partial charge >= 0.3 is 35.5 Å². The van der Waals surface area contributed by atoms with E-state index in [-0.39, 0.29) is 133 Å². The van der Waals surface area contributed by atoms with E-state index in [1.54, 1.807) is 72.6 Å². The van der Waals surface area contributed by atoms with Crippen LogP contribution >= 0.6 is 44.6 Å². The zero-order valence-corrected chi connectivity index (χ0v) is 76.2. The average Bonchev–Trinajstić information content (AvgIpc) is 0.775. The Balaban J connectivity index is 0.00000160. The van der Waals surface area contributed by atoms with Crippen LogP contribution < -0.4 is 102 Å². The van der Waals surface area contributed by atoms with Crippen molar-refractivity contribution in [2.24, 2.45) is 11.6 Å². The van der Waals surface area contributed by atoms with Crippen molar-refractivity contribution in [2.75, 3.05) is 51.1 Å². The molecule has 0 saturated carbocycles. The molecule has 0 atom stereocenters. The van der Waals surface area contributed by atoms with Gasteiger partial charge in [-0.2, -0.15) is 13.0 Å². The number of fused-ring (bicyclic) bond motifs is 5. The summed E-state index contributed by atoms with van der Waals surface area (Å²) < 4.78 is 123. The van der Waals surface area contributed by atoms with Crippen molar-refractivity contribution in [3.63, 3.8) is 0 Å². The number of halogens is 11. The van der Waals surface area contributed by atoms with Crippen molar-refractivity contribution < 1.29 is 128 Å². The number of aromatic carboxylic acids is 1. The predicted molar refractivity (Wildman–Crippen MR) is 506 cm³/mol. The molecule has 0 amide bonds. The minimum atomic E-state index is -1.67. The molecule has 135 heavy (non-hydrogen) atoms. The van der Waals surface area contributed by atoms with Crippen molar-refractivity contribution in [2.45, 2.75) is 76.3 Å². The molecular formula is C89H96Cl4F7N16NaO17S. The van der Waals surface area contributed by atoms with E-state index in [0.717, 1.165) is 72.8 Å². The number of methoxy groups -OCH3 is 4. The van der Waals surface area contributed by atoms with Gasteiger partial charge in [-0.25, -0.2) is 74.6 Å². The number of hydrogen-bond donors (Lipinski definition) is 11. The van der Waals surface area contributed by atoms with Gasteiger partial charge in [-0.05, 0) is 158 Å². The predicted octanol–water partition coefficient (Wildman–Crippen LogP) is 14.3. The Bertz CT molecular complexity index is 6430. The molecule has 0 fully saturated rings. The van der Waals surface area contributed by atoms with Gasteiger partial charge in [0, 0.05) is 106 Å². The number of aliphatic carboxylic acids is 1. The summed E-state index contributed by atoms with van der Waals surface area (Å²) in [5.41, 5.74) is 14.5. The third-order valence-corrected chi connectivity index (χ3v) is 16.8. The molecule has 0 radical (unpaired) electrons. The molecule has 0 spiro atoms. The molecule has 33 nitrogen and oxygen atoms in total. The third-order valence-electron chi connectivity index (χ3n) is 16.2. The molecule has 46 heteroatoms. The van der Waals surface area contributed by atoms with Crippen LogP contribution in [0, 0.1) is 46.1 Å². The molecule has 0 aliphatic carbocycles. The molecule has 0 saturated heterocycles. The Labute approximate surface area is 812 Å². The largest absolute Gasteiger partial charge is 1.00 e. The Kier molecular flexibility index (Phi) is 56.1. The fraction of sp³-hybridized carbons (Fsp3) is 0.180. The van der Waals surface area contributed by atoms with Gasteiger partial charge < -0.3 is 85.6 Å². The van der Waals surface area contributed by atoms with Crippen molar-refractivity contribution in [3.05, 3.63) is 312 Å². The normalized spacial score (nSPS) is 9.73. The van der Waals surface area contributed by atoms with Crippen LogP contribution in [-0.2, 0) is 38.7 Å². The first-order valence-corrected chi connectivity index (χ1v) is 40.2. The number of carboxylic acids is 2. The summed E-state index contributed by atoms with van der Waals surface area (Å²) in [6.07, 6.45) is 7.10. The first-order chi connectivity index (χ1) is 62.0. The van der Waals surface area contributed by atoms with Gasteiger partial charge in [0.2, 0.25) is 15.0 Å². The van der Waals surface area contributed by atoms with Crippen LogP contribution in [0.25, 0.3) is 54.5 Å². The van der Waals surface area contributed by atoms with Crippen LogP contribution in [0.4, 0.5) is 59.4 Å². The number of nitrogens with two attached hydrogens (primary N) is 3. The second kappa shape index (κ2) is 62.3. The molecule has 718 valence electrons. The molecule has 0 bridgehead atoms. The zero-order chi connectivity index (χ0) is 96.4. The topological polar surface area (TPSA) is 508 Å². The van der Waals surface area contributed by atoms with E-state index in [9.17, 15) is 55.0 Å². The number of rotatable bonds is 16. The van der Waals surface area contributed by atoms with E-state index in [1.807, 2.05) is 58.3 Å². The smallest absolute Gasteiger partial charge is 0.857 e. The maximum absolute atomic E-state index is 13.9. The van der Waals surface area contributed by atoms with Crippen molar-refractivity contribution in [3.8, 4) is 28.7 Å². The number of carbonyl (C=O) groups is 2. The number of H-pyrrole nitrogens is 3. The first-order valence-electron chi connectivity index (χ1n) is 36.6. The fourth-order valence-electron chi connectivity index (χ4n) is 10.8. The molecule has 0 unspecified atom stereocenters. The molecule has 0 aliphatic rings. The van der Waals surface area contributed by atoms with Gasteiger partial charge in [-0.1, -0.05) is 76.1 Å². The van der Waals surface area contributed by atoms with Crippen LogP contribution in [0.2, 0.25) is 10.0 Å². The first kappa shape index (κ1) is 122. The van der Waals surface area contributed by atoms with Crippen LogP contribution in [-0.4, -0.2) is 134 Å². The maximum Gasteiger partial charge on any atom is 1.00 e. The molecule has 15 rings (SSSR count). The van der Waals surface area contributed by atoms with E-state index in [2.05, 4.69) is 92.7 Å². The van der Waals surface area contributed by atoms with Gasteiger partial charge in [0.1, 0.15) is 59.2 Å². The summed E-state index contributed by atoms with van der Waals surface area (Å²) in [4.78, 5) is 101. The number of aromatic nitrogens is 10. The van der Waals surface area contributed by atoms with Gasteiger partial charge in [0.25, 0.3) is 22.6 Å². The Morgan fingerprint density at radius 1 is 0.496 bits per heavy atom. The number of aliphatic hydroxyl groups is 2. The van der Waals surface area contributed by atoms with E-state index in [1.165, 1.54) is 98.4 Å². The molecule has 15 aromatic rings. The van der Waals surface area contributed by atoms with E-state index >= 15 is 0 Å². The zero-order valence-electron chi connectivity index (χ0n) is 70.3. The quantitative estimate of drug-likeness (QED) is 0.00625. The van der Waals surface area contributed by atoms with Crippen LogP contribution in [0.3, 0.4) is 0 Å². The van der Waals surface area contributed by atoms with Crippen molar-refractivity contribution in [1.82, 2.24) is 49.8 Å². The molecule has 5 aromatic heterocycles. The fourth-order valence-corrected chi connectivity index (χ4v) is 11.2. The Hall–Kier alpha value is -13.3. The van der Waals surface area contributed by atoms with Crippen molar-refractivity contribution in [1.29, 1.82) is 5.41 Å². The molecule has 10 aromatic carbocycles. The number of aromatic amines is 3. The number of nitrogens with one attached hydrogen (secondary N) is 4. The average molecular weight is 1990 g/mol. The Morgan fingerprint density at radius 2 is 0.830 bits per heavy atom. The number of anilines is 5. The van der Waals surface area contributed by atoms with Gasteiger partial charge in [0.15, 0.2) is 28.8 Å². The second-order valence-electron chi connectivity index (χ2n) is 25.3. The van der Waals surface area contributed by atoms with E-state index in [0.29, 0.717) is 97.3 Å². The standard InChI is InChI=1S/C24H21ClFN3O3.C23H18ClF2N3O2.C8H6FN3O3.2C8H5FN2O.C7H6FNO2.C3H8O.C2H4O2.CH4N2.CH3O.4CH4.Cl2OS.Na/c1-31-22-8-4-15(10-23(22)32-2)12-29(17-5-7-20(26)19(25)11-17)24-18-6-3-16(13-30)9-21(18)27-14-28-24;1-30-21-8-3-14(9-22(21)31-2)12-29(16-5-7-19(26)18(24)11-16)23-17-6-4-15(25)10-20(17)27-13-28-23;9-5-2-6-4(1-7(5)14-15-10)8(13)12-3-11-6;2*9-5-1-2-6-7(3-5)10-4-11-8(6)12;8-4-1-2-5(7(10)11)6(9)3-4;1-3(2)4;1-2(3)4;2-1-3;1-2;;;;;1-4(2)3;/h3-11,14,30H,12-13H2,1-2H3;3-11,13H,12H2,1-2H3;1-3H,10H2,(H,11,12,13);2*1-4H,(H,10,11,12);1-3H,9H2,(H,10,11);3-4H,1-2H3;1H3,(H,3,4);1H,(H3,2,3);1H3;4*1H4;;/q;;;;;;;;;-1;;;;;;+1. The summed E-state index contributed by atoms with van der Waals surface area (Å²) in [7, 11) is 14.4. The summed E-state index contributed by atoms with van der Waals surface area (Å²) in [6, 6.07) is 43.1. The monoisotopic (exact) mass is 1990 g/mol. The minimum absolute atomic E-state index is 0. The molecular weight excluding hydrogens is 1890 g/mol.